The SMILES string of the molecule is COC(CNC(=O)C1Cc2cc(C)c(C)cc2O1)C(=O)O. The van der Waals surface area contributed by atoms with Gasteiger partial charge in [-0.1, -0.05) is 6.07 Å². The van der Waals surface area contributed by atoms with Crippen molar-refractivity contribution < 1.29 is 24.2 Å². The van der Waals surface area contributed by atoms with Gasteiger partial charge in [-0.3, -0.25) is 4.79 Å². The second-order valence-electron chi connectivity index (χ2n) is 5.16. The zero-order valence-corrected chi connectivity index (χ0v) is 12.3. The molecule has 1 aliphatic heterocycles. The number of ether oxygens (including phenoxy) is 2. The predicted molar refractivity (Wildman–Crippen MR) is 75.5 cm³/mol. The second-order valence-corrected chi connectivity index (χ2v) is 5.16. The van der Waals surface area contributed by atoms with Crippen molar-refractivity contribution >= 4 is 11.9 Å². The number of carboxylic acid groups (broad SMARTS) is 1. The monoisotopic (exact) mass is 293 g/mol. The first kappa shape index (κ1) is 15.3. The highest BCUT2D eigenvalue weighted by molar-refractivity contribution is 5.83. The number of carboxylic acids is 1. The van der Waals surface area contributed by atoms with Crippen LogP contribution in [0.2, 0.25) is 0 Å². The van der Waals surface area contributed by atoms with E-state index in [1.807, 2.05) is 26.0 Å². The molecule has 6 nitrogen and oxygen atoms in total. The van der Waals surface area contributed by atoms with Gasteiger partial charge in [-0.05, 0) is 36.6 Å². The zero-order chi connectivity index (χ0) is 15.6. The second kappa shape index (κ2) is 6.13. The molecule has 6 heteroatoms. The molecule has 2 N–H and O–H groups in total. The Balaban J connectivity index is 1.96. The molecule has 1 amide bonds. The zero-order valence-electron chi connectivity index (χ0n) is 12.3. The van der Waals surface area contributed by atoms with Crippen LogP contribution in [0.25, 0.3) is 0 Å². The maximum absolute atomic E-state index is 12.0. The molecule has 0 saturated carbocycles. The number of hydrogen-bond acceptors (Lipinski definition) is 4. The number of amides is 1. The van der Waals surface area contributed by atoms with Gasteiger partial charge >= 0.3 is 5.97 Å². The number of rotatable bonds is 5. The topological polar surface area (TPSA) is 84.9 Å². The Kier molecular flexibility index (Phi) is 4.47. The molecule has 2 unspecified atom stereocenters. The Hall–Kier alpha value is -2.08. The van der Waals surface area contributed by atoms with Crippen molar-refractivity contribution in [2.45, 2.75) is 32.5 Å². The lowest BCUT2D eigenvalue weighted by Crippen LogP contribution is -2.43. The lowest BCUT2D eigenvalue weighted by atomic mass is 10.0. The average Bonchev–Trinajstić information content (AvgIpc) is 2.82. The molecule has 21 heavy (non-hydrogen) atoms. The lowest BCUT2D eigenvalue weighted by Gasteiger charge is -2.14. The van der Waals surface area contributed by atoms with Crippen molar-refractivity contribution in [3.63, 3.8) is 0 Å². The van der Waals surface area contributed by atoms with Crippen LogP contribution in [0.5, 0.6) is 5.75 Å². The lowest BCUT2D eigenvalue weighted by molar-refractivity contribution is -0.148. The van der Waals surface area contributed by atoms with Gasteiger partial charge in [0.2, 0.25) is 0 Å². The third-order valence-electron chi connectivity index (χ3n) is 3.67. The van der Waals surface area contributed by atoms with E-state index in [1.165, 1.54) is 7.11 Å². The van der Waals surface area contributed by atoms with Gasteiger partial charge in [0.1, 0.15) is 5.75 Å². The average molecular weight is 293 g/mol. The van der Waals surface area contributed by atoms with Crippen LogP contribution < -0.4 is 10.1 Å². The smallest absolute Gasteiger partial charge is 0.334 e. The quantitative estimate of drug-likeness (QED) is 0.839. The molecule has 0 aliphatic carbocycles. The van der Waals surface area contributed by atoms with E-state index in [0.717, 1.165) is 22.4 Å². The highest BCUT2D eigenvalue weighted by Crippen LogP contribution is 2.31. The maximum Gasteiger partial charge on any atom is 0.334 e. The summed E-state index contributed by atoms with van der Waals surface area (Å²) in [6, 6.07) is 3.94. The molecule has 1 aromatic rings. The van der Waals surface area contributed by atoms with Gasteiger partial charge in [0.05, 0.1) is 6.54 Å². The van der Waals surface area contributed by atoms with Gasteiger partial charge in [-0.25, -0.2) is 4.79 Å². The summed E-state index contributed by atoms with van der Waals surface area (Å²) >= 11 is 0. The number of aryl methyl sites for hydroxylation is 2. The summed E-state index contributed by atoms with van der Waals surface area (Å²) in [5.74, 6) is -0.718. The molecular formula is C15H19NO5. The summed E-state index contributed by atoms with van der Waals surface area (Å²) in [5.41, 5.74) is 3.27. The fraction of sp³-hybridized carbons (Fsp3) is 0.467. The first-order valence-electron chi connectivity index (χ1n) is 6.72. The molecular weight excluding hydrogens is 274 g/mol. The van der Waals surface area contributed by atoms with Crippen LogP contribution in [0.15, 0.2) is 12.1 Å². The van der Waals surface area contributed by atoms with Gasteiger partial charge in [0.15, 0.2) is 12.2 Å². The van der Waals surface area contributed by atoms with Crippen LogP contribution >= 0.6 is 0 Å². The van der Waals surface area contributed by atoms with E-state index in [4.69, 9.17) is 14.6 Å². The number of nitrogens with one attached hydrogen (secondary N) is 1. The Labute approximate surface area is 123 Å². The standard InChI is InChI=1S/C15H19NO5/c1-8-4-10-6-12(21-11(10)5-9(8)2)14(17)16-7-13(20-3)15(18)19/h4-5,12-13H,6-7H2,1-3H3,(H,16,17)(H,18,19). The van der Waals surface area contributed by atoms with Crippen LogP contribution in [0.1, 0.15) is 16.7 Å². The summed E-state index contributed by atoms with van der Waals surface area (Å²) < 4.78 is 10.4. The van der Waals surface area contributed by atoms with E-state index in [2.05, 4.69) is 5.32 Å². The van der Waals surface area contributed by atoms with Crippen molar-refractivity contribution in [3.8, 4) is 5.75 Å². The number of aliphatic carboxylic acids is 1. The largest absolute Gasteiger partial charge is 0.480 e. The minimum Gasteiger partial charge on any atom is -0.480 e. The van der Waals surface area contributed by atoms with E-state index < -0.39 is 18.2 Å². The van der Waals surface area contributed by atoms with Gasteiger partial charge in [-0.2, -0.15) is 0 Å². The molecule has 1 aromatic carbocycles. The van der Waals surface area contributed by atoms with Crippen LogP contribution in [-0.2, 0) is 20.7 Å². The van der Waals surface area contributed by atoms with Crippen molar-refractivity contribution in [2.75, 3.05) is 13.7 Å². The van der Waals surface area contributed by atoms with E-state index in [9.17, 15) is 9.59 Å². The summed E-state index contributed by atoms with van der Waals surface area (Å²) in [4.78, 5) is 22.9. The molecule has 0 spiro atoms. The summed E-state index contributed by atoms with van der Waals surface area (Å²) in [6.07, 6.45) is -1.18. The molecule has 0 bridgehead atoms. The molecule has 0 fully saturated rings. The van der Waals surface area contributed by atoms with Gasteiger partial charge in [0.25, 0.3) is 5.91 Å². The van der Waals surface area contributed by atoms with Crippen LogP contribution in [-0.4, -0.2) is 42.8 Å². The summed E-state index contributed by atoms with van der Waals surface area (Å²) in [7, 11) is 1.29. The van der Waals surface area contributed by atoms with Crippen molar-refractivity contribution in [3.05, 3.63) is 28.8 Å². The predicted octanol–water partition coefficient (Wildman–Crippen LogP) is 0.823. The van der Waals surface area contributed by atoms with Gasteiger partial charge in [-0.15, -0.1) is 0 Å². The third-order valence-corrected chi connectivity index (χ3v) is 3.67. The van der Waals surface area contributed by atoms with Gasteiger partial charge < -0.3 is 19.9 Å². The number of methoxy groups -OCH3 is 1. The van der Waals surface area contributed by atoms with E-state index in [1.54, 1.807) is 0 Å². The maximum atomic E-state index is 12.0. The highest BCUT2D eigenvalue weighted by Gasteiger charge is 2.30. The van der Waals surface area contributed by atoms with Gasteiger partial charge in [0, 0.05) is 13.5 Å². The van der Waals surface area contributed by atoms with E-state index in [-0.39, 0.29) is 12.5 Å². The Morgan fingerprint density at radius 3 is 2.71 bits per heavy atom. The molecule has 0 aromatic heterocycles. The van der Waals surface area contributed by atoms with Crippen molar-refractivity contribution in [1.29, 1.82) is 0 Å². The first-order chi connectivity index (χ1) is 9.92. The minimum atomic E-state index is -1.11. The molecule has 1 aliphatic rings. The summed E-state index contributed by atoms with van der Waals surface area (Å²) in [6.45, 7) is 3.92. The van der Waals surface area contributed by atoms with Crippen LogP contribution in [0.3, 0.4) is 0 Å². The van der Waals surface area contributed by atoms with E-state index in [0.29, 0.717) is 6.42 Å². The third kappa shape index (κ3) is 3.33. The number of carbonyl (C=O) groups is 2. The molecule has 0 saturated heterocycles. The van der Waals surface area contributed by atoms with Crippen molar-refractivity contribution in [1.82, 2.24) is 5.32 Å². The number of fused-ring (bicyclic) bond motifs is 1. The number of hydrogen-bond donors (Lipinski definition) is 2. The highest BCUT2D eigenvalue weighted by atomic mass is 16.5. The molecule has 1 heterocycles. The number of benzene rings is 1. The molecule has 0 radical (unpaired) electrons. The van der Waals surface area contributed by atoms with E-state index >= 15 is 0 Å². The Morgan fingerprint density at radius 2 is 2.10 bits per heavy atom. The molecule has 2 rings (SSSR count). The first-order valence-corrected chi connectivity index (χ1v) is 6.72. The van der Waals surface area contributed by atoms with Crippen LogP contribution in [0.4, 0.5) is 0 Å². The molecule has 114 valence electrons. The Morgan fingerprint density at radius 1 is 1.43 bits per heavy atom. The normalized spacial score (nSPS) is 17.8. The fourth-order valence-electron chi connectivity index (χ4n) is 2.24. The summed E-state index contributed by atoms with van der Waals surface area (Å²) in [5, 5.41) is 11.4. The van der Waals surface area contributed by atoms with Crippen LogP contribution in [0, 0.1) is 13.8 Å². The molecule has 2 atom stereocenters. The fourth-order valence-corrected chi connectivity index (χ4v) is 2.24. The minimum absolute atomic E-state index is 0.0844. The Bertz CT molecular complexity index is 538. The number of carbonyl (C=O) groups excluding carboxylic acids is 1. The van der Waals surface area contributed by atoms with Crippen molar-refractivity contribution in [2.24, 2.45) is 0 Å².